The van der Waals surface area contributed by atoms with Crippen LogP contribution in [0, 0.1) is 5.92 Å². The lowest BCUT2D eigenvalue weighted by molar-refractivity contribution is 0.218. The summed E-state index contributed by atoms with van der Waals surface area (Å²) in [5, 5.41) is 3.43. The first kappa shape index (κ1) is 11.1. The first-order valence-electron chi connectivity index (χ1n) is 6.87. The molecule has 1 aliphatic heterocycles. The summed E-state index contributed by atoms with van der Waals surface area (Å²) in [6.45, 7) is 3.16. The predicted molar refractivity (Wildman–Crippen MR) is 69.6 cm³/mol. The number of benzene rings is 1. The smallest absolute Gasteiger partial charge is 0.119 e. The van der Waals surface area contributed by atoms with Crippen molar-refractivity contribution in [3.63, 3.8) is 0 Å². The van der Waals surface area contributed by atoms with Crippen molar-refractivity contribution >= 4 is 0 Å². The molecule has 1 N–H and O–H groups in total. The molecule has 1 fully saturated rings. The minimum atomic E-state index is 0.692. The van der Waals surface area contributed by atoms with Crippen molar-refractivity contribution in [1.29, 1.82) is 0 Å². The first-order chi connectivity index (χ1) is 8.42. The molecule has 2 nitrogen and oxygen atoms in total. The fourth-order valence-corrected chi connectivity index (χ4v) is 2.92. The molecular formula is C15H21NO. The highest BCUT2D eigenvalue weighted by Gasteiger charge is 2.15. The molecule has 1 aliphatic carbocycles. The predicted octanol–water partition coefficient (Wildman–Crippen LogP) is 2.55. The highest BCUT2D eigenvalue weighted by molar-refractivity contribution is 5.38. The Balaban J connectivity index is 1.57. The van der Waals surface area contributed by atoms with E-state index in [2.05, 4.69) is 23.5 Å². The minimum absolute atomic E-state index is 0.692. The monoisotopic (exact) mass is 231 g/mol. The average molecular weight is 231 g/mol. The number of rotatable bonds is 3. The van der Waals surface area contributed by atoms with Gasteiger partial charge in [0.15, 0.2) is 0 Å². The van der Waals surface area contributed by atoms with Gasteiger partial charge in [0.2, 0.25) is 0 Å². The molecule has 1 atom stereocenters. The SMILES string of the molecule is c1cc2c(cc1OC[C@H]1CCCNC1)CCC2. The topological polar surface area (TPSA) is 21.3 Å². The van der Waals surface area contributed by atoms with Crippen molar-refractivity contribution in [2.45, 2.75) is 32.1 Å². The second-order valence-corrected chi connectivity index (χ2v) is 5.31. The maximum atomic E-state index is 5.93. The van der Waals surface area contributed by atoms with Gasteiger partial charge >= 0.3 is 0 Å². The lowest BCUT2D eigenvalue weighted by Gasteiger charge is -2.22. The van der Waals surface area contributed by atoms with Crippen LogP contribution >= 0.6 is 0 Å². The fourth-order valence-electron chi connectivity index (χ4n) is 2.92. The van der Waals surface area contributed by atoms with E-state index >= 15 is 0 Å². The molecule has 1 aromatic rings. The van der Waals surface area contributed by atoms with E-state index in [4.69, 9.17) is 4.74 Å². The number of hydrogen-bond donors (Lipinski definition) is 1. The molecule has 2 aliphatic rings. The summed E-state index contributed by atoms with van der Waals surface area (Å²) in [5.41, 5.74) is 3.03. The van der Waals surface area contributed by atoms with Gasteiger partial charge in [0.05, 0.1) is 6.61 Å². The Kier molecular flexibility index (Phi) is 3.32. The van der Waals surface area contributed by atoms with Crippen LogP contribution in [0.25, 0.3) is 0 Å². The van der Waals surface area contributed by atoms with Gasteiger partial charge in [0, 0.05) is 12.5 Å². The number of ether oxygens (including phenoxy) is 1. The van der Waals surface area contributed by atoms with Crippen LogP contribution in [0.2, 0.25) is 0 Å². The van der Waals surface area contributed by atoms with Crippen LogP contribution in [0.15, 0.2) is 18.2 Å². The van der Waals surface area contributed by atoms with Crippen LogP contribution in [0.3, 0.4) is 0 Å². The standard InChI is InChI=1S/C15H21NO/c1-4-13-6-7-15(9-14(13)5-1)17-11-12-3-2-8-16-10-12/h6-7,9,12,16H,1-5,8,10-11H2/t12-/m0/s1. The Morgan fingerprint density at radius 1 is 1.18 bits per heavy atom. The molecule has 3 rings (SSSR count). The number of nitrogens with one attached hydrogen (secondary N) is 1. The maximum absolute atomic E-state index is 5.93. The van der Waals surface area contributed by atoms with Crippen molar-refractivity contribution in [3.05, 3.63) is 29.3 Å². The van der Waals surface area contributed by atoms with Crippen molar-refractivity contribution in [2.24, 2.45) is 5.92 Å². The van der Waals surface area contributed by atoms with E-state index in [1.54, 1.807) is 0 Å². The molecule has 0 unspecified atom stereocenters. The molecule has 0 aromatic heterocycles. The maximum Gasteiger partial charge on any atom is 0.119 e. The fraction of sp³-hybridized carbons (Fsp3) is 0.600. The van der Waals surface area contributed by atoms with Crippen LogP contribution in [0.1, 0.15) is 30.4 Å². The number of fused-ring (bicyclic) bond motifs is 1. The zero-order valence-electron chi connectivity index (χ0n) is 10.4. The van der Waals surface area contributed by atoms with Gasteiger partial charge in [0.1, 0.15) is 5.75 Å². The Bertz CT molecular complexity index is 383. The highest BCUT2D eigenvalue weighted by atomic mass is 16.5. The van der Waals surface area contributed by atoms with Crippen molar-refractivity contribution < 1.29 is 4.74 Å². The van der Waals surface area contributed by atoms with Crippen molar-refractivity contribution in [3.8, 4) is 5.75 Å². The van der Waals surface area contributed by atoms with Gasteiger partial charge in [-0.1, -0.05) is 6.07 Å². The summed E-state index contributed by atoms with van der Waals surface area (Å²) in [4.78, 5) is 0. The number of piperidine rings is 1. The van der Waals surface area contributed by atoms with Crippen LogP contribution in [-0.2, 0) is 12.8 Å². The van der Waals surface area contributed by atoms with Gasteiger partial charge in [-0.05, 0) is 61.9 Å². The minimum Gasteiger partial charge on any atom is -0.493 e. The van der Waals surface area contributed by atoms with Crippen molar-refractivity contribution in [1.82, 2.24) is 5.32 Å². The van der Waals surface area contributed by atoms with Crippen LogP contribution in [0.5, 0.6) is 5.75 Å². The Hall–Kier alpha value is -1.02. The summed E-state index contributed by atoms with van der Waals surface area (Å²) in [6, 6.07) is 6.63. The van der Waals surface area contributed by atoms with Crippen molar-refractivity contribution in [2.75, 3.05) is 19.7 Å². The summed E-state index contributed by atoms with van der Waals surface area (Å²) in [5.74, 6) is 1.76. The molecule has 0 bridgehead atoms. The molecule has 0 radical (unpaired) electrons. The lowest BCUT2D eigenvalue weighted by atomic mass is 10.0. The van der Waals surface area contributed by atoms with E-state index in [1.807, 2.05) is 0 Å². The third-order valence-corrected chi connectivity index (χ3v) is 3.95. The molecule has 2 heteroatoms. The Labute approximate surface area is 103 Å². The summed E-state index contributed by atoms with van der Waals surface area (Å²) >= 11 is 0. The lowest BCUT2D eigenvalue weighted by Crippen LogP contribution is -2.33. The van der Waals surface area contributed by atoms with E-state index < -0.39 is 0 Å². The summed E-state index contributed by atoms with van der Waals surface area (Å²) in [6.07, 6.45) is 6.39. The average Bonchev–Trinajstić information content (AvgIpc) is 2.85. The second kappa shape index (κ2) is 5.09. The van der Waals surface area contributed by atoms with Gasteiger partial charge in [-0.2, -0.15) is 0 Å². The van der Waals surface area contributed by atoms with Gasteiger partial charge < -0.3 is 10.1 Å². The molecule has 17 heavy (non-hydrogen) atoms. The number of aryl methyl sites for hydroxylation is 2. The summed E-state index contributed by atoms with van der Waals surface area (Å²) in [7, 11) is 0. The quantitative estimate of drug-likeness (QED) is 0.863. The van der Waals surface area contributed by atoms with Gasteiger partial charge in [-0.3, -0.25) is 0 Å². The second-order valence-electron chi connectivity index (χ2n) is 5.31. The van der Waals surface area contributed by atoms with Crippen LogP contribution in [0.4, 0.5) is 0 Å². The van der Waals surface area contributed by atoms with E-state index in [0.717, 1.165) is 18.9 Å². The zero-order valence-corrected chi connectivity index (χ0v) is 10.4. The molecule has 92 valence electrons. The Morgan fingerprint density at radius 2 is 2.12 bits per heavy atom. The first-order valence-corrected chi connectivity index (χ1v) is 6.87. The normalized spacial score (nSPS) is 23.4. The highest BCUT2D eigenvalue weighted by Crippen LogP contribution is 2.26. The van der Waals surface area contributed by atoms with Gasteiger partial charge in [-0.25, -0.2) is 0 Å². The largest absolute Gasteiger partial charge is 0.493 e. The van der Waals surface area contributed by atoms with Crippen LogP contribution < -0.4 is 10.1 Å². The van der Waals surface area contributed by atoms with Gasteiger partial charge in [0.25, 0.3) is 0 Å². The van der Waals surface area contributed by atoms with Crippen LogP contribution in [-0.4, -0.2) is 19.7 Å². The van der Waals surface area contributed by atoms with E-state index in [9.17, 15) is 0 Å². The molecule has 0 spiro atoms. The zero-order chi connectivity index (χ0) is 11.5. The molecule has 1 aromatic carbocycles. The van der Waals surface area contributed by atoms with E-state index in [0.29, 0.717) is 5.92 Å². The van der Waals surface area contributed by atoms with E-state index in [1.165, 1.54) is 49.8 Å². The van der Waals surface area contributed by atoms with Gasteiger partial charge in [-0.15, -0.1) is 0 Å². The molecule has 1 saturated heterocycles. The third-order valence-electron chi connectivity index (χ3n) is 3.95. The Morgan fingerprint density at radius 3 is 3.00 bits per heavy atom. The molecular weight excluding hydrogens is 210 g/mol. The third kappa shape index (κ3) is 2.63. The molecule has 0 saturated carbocycles. The van der Waals surface area contributed by atoms with E-state index in [-0.39, 0.29) is 0 Å². The molecule has 1 heterocycles. The molecule has 0 amide bonds. The summed E-state index contributed by atoms with van der Waals surface area (Å²) < 4.78 is 5.93. The number of hydrogen-bond acceptors (Lipinski definition) is 2.